The highest BCUT2D eigenvalue weighted by Gasteiger charge is 2.11. The van der Waals surface area contributed by atoms with Gasteiger partial charge in [-0.05, 0) is 124 Å². The van der Waals surface area contributed by atoms with E-state index in [4.69, 9.17) is 11.6 Å². The number of nitrogens with one attached hydrogen (secondary N) is 7. The highest BCUT2D eigenvalue weighted by Crippen LogP contribution is 2.23. The minimum absolute atomic E-state index is 0.0549. The van der Waals surface area contributed by atoms with Crippen LogP contribution in [0.2, 0.25) is 5.02 Å². The van der Waals surface area contributed by atoms with Gasteiger partial charge in [-0.1, -0.05) is 83.2 Å². The molecular weight excluding hydrogens is 770 g/mol. The summed E-state index contributed by atoms with van der Waals surface area (Å²) in [5, 5.41) is 21.9. The van der Waals surface area contributed by atoms with Gasteiger partial charge in [-0.25, -0.2) is 0 Å². The maximum atomic E-state index is 11.7. The fraction of sp³-hybridized carbons (Fsp3) is 0.449. The molecule has 4 aromatic carbocycles. The Kier molecular flexibility index (Phi) is 26.3. The summed E-state index contributed by atoms with van der Waals surface area (Å²) in [5.41, 5.74) is 11.6. The second-order valence-electron chi connectivity index (χ2n) is 14.9. The molecule has 0 aliphatic heterocycles. The van der Waals surface area contributed by atoms with E-state index in [1.807, 2.05) is 143 Å². The number of rotatable bonds is 17. The molecule has 3 amide bonds. The highest BCUT2D eigenvalue weighted by molar-refractivity contribution is 6.30. The Balaban J connectivity index is 0.000000406. The van der Waals surface area contributed by atoms with Crippen LogP contribution >= 0.6 is 11.6 Å². The average Bonchev–Trinajstić information content (AvgIpc) is 3.23. The van der Waals surface area contributed by atoms with Crippen molar-refractivity contribution in [2.24, 2.45) is 5.92 Å². The number of halogens is 1. The Morgan fingerprint density at radius 2 is 0.900 bits per heavy atom. The maximum Gasteiger partial charge on any atom is 0.227 e. The topological polar surface area (TPSA) is 135 Å². The second-order valence-corrected chi connectivity index (χ2v) is 15.3. The number of hydrogen-bond donors (Lipinski definition) is 7. The summed E-state index contributed by atoms with van der Waals surface area (Å²) in [7, 11) is 7.54. The van der Waals surface area contributed by atoms with Crippen molar-refractivity contribution in [2.75, 3.05) is 65.4 Å². The molecule has 60 heavy (non-hydrogen) atoms. The first-order valence-electron chi connectivity index (χ1n) is 21.4. The van der Waals surface area contributed by atoms with Gasteiger partial charge >= 0.3 is 0 Å². The van der Waals surface area contributed by atoms with Crippen molar-refractivity contribution in [3.63, 3.8) is 0 Å². The highest BCUT2D eigenvalue weighted by atomic mass is 35.5. The lowest BCUT2D eigenvalue weighted by atomic mass is 10.1. The van der Waals surface area contributed by atoms with E-state index in [1.165, 1.54) is 16.7 Å². The Hall–Kier alpha value is -5.22. The fourth-order valence-corrected chi connectivity index (χ4v) is 5.96. The van der Waals surface area contributed by atoms with Gasteiger partial charge in [-0.3, -0.25) is 14.4 Å². The van der Waals surface area contributed by atoms with E-state index in [0.717, 1.165) is 95.3 Å². The molecule has 0 heterocycles. The molecule has 1 atom stereocenters. The first-order chi connectivity index (χ1) is 28.7. The molecule has 1 unspecified atom stereocenters. The van der Waals surface area contributed by atoms with Crippen molar-refractivity contribution in [1.29, 1.82) is 0 Å². The third kappa shape index (κ3) is 20.7. The van der Waals surface area contributed by atoms with Crippen molar-refractivity contribution in [1.82, 2.24) is 0 Å². The summed E-state index contributed by atoms with van der Waals surface area (Å²) in [6.45, 7) is 16.4. The number of unbranched alkanes of at least 4 members (excludes halogenated alkanes) is 4. The predicted molar refractivity (Wildman–Crippen MR) is 262 cm³/mol. The molecule has 4 rings (SSSR count). The third-order valence-electron chi connectivity index (χ3n) is 9.89. The van der Waals surface area contributed by atoms with Gasteiger partial charge in [0.15, 0.2) is 0 Å². The quantitative estimate of drug-likeness (QED) is 0.0526. The Labute approximate surface area is 366 Å². The molecule has 0 saturated heterocycles. The molecular formula is C49H74ClN7O3. The summed E-state index contributed by atoms with van der Waals surface area (Å²) in [6.07, 6.45) is 8.52. The van der Waals surface area contributed by atoms with Gasteiger partial charge in [0.2, 0.25) is 17.7 Å². The first kappa shape index (κ1) is 52.8. The monoisotopic (exact) mass is 844 g/mol. The van der Waals surface area contributed by atoms with Crippen LogP contribution in [0, 0.1) is 33.6 Å². The average molecular weight is 845 g/mol. The lowest BCUT2D eigenvalue weighted by Crippen LogP contribution is -2.19. The van der Waals surface area contributed by atoms with Gasteiger partial charge in [0, 0.05) is 91.8 Å². The van der Waals surface area contributed by atoms with Gasteiger partial charge in [0.25, 0.3) is 0 Å². The number of amides is 3. The van der Waals surface area contributed by atoms with Crippen molar-refractivity contribution in [3.8, 4) is 0 Å². The van der Waals surface area contributed by atoms with Gasteiger partial charge < -0.3 is 37.2 Å². The van der Waals surface area contributed by atoms with Crippen LogP contribution in [0.15, 0.2) is 72.8 Å². The molecule has 0 saturated carbocycles. The van der Waals surface area contributed by atoms with Crippen LogP contribution in [0.25, 0.3) is 0 Å². The molecule has 0 radical (unpaired) electrons. The van der Waals surface area contributed by atoms with Crippen LogP contribution in [0.5, 0.6) is 0 Å². The number of carbonyl (C=O) groups excluding carboxylic acids is 3. The molecule has 0 spiro atoms. The zero-order valence-corrected chi connectivity index (χ0v) is 39.2. The number of aryl methyl sites for hydroxylation is 4. The molecule has 11 heteroatoms. The van der Waals surface area contributed by atoms with Crippen LogP contribution in [0.4, 0.5) is 39.8 Å². The summed E-state index contributed by atoms with van der Waals surface area (Å²) in [4.78, 5) is 35.0. The minimum Gasteiger partial charge on any atom is -0.388 e. The van der Waals surface area contributed by atoms with E-state index in [-0.39, 0.29) is 23.6 Å². The van der Waals surface area contributed by atoms with E-state index in [2.05, 4.69) is 51.1 Å². The molecule has 7 N–H and O–H groups in total. The maximum absolute atomic E-state index is 11.7. The SMILES string of the molecule is CCC(C)C(=O)Nc1ccc(C)c(NC)c1.CCCCCC(=O)Nc1ccc(C)c(NC)c1.CCCCCC(=O)Nc1ccc(NC)c(C)c1.CNc1cc(Cl)ccc1C. The van der Waals surface area contributed by atoms with E-state index < -0.39 is 0 Å². The van der Waals surface area contributed by atoms with E-state index in [9.17, 15) is 14.4 Å². The zero-order chi connectivity index (χ0) is 45.0. The smallest absolute Gasteiger partial charge is 0.227 e. The number of carbonyl (C=O) groups is 3. The van der Waals surface area contributed by atoms with Crippen LogP contribution in [0.1, 0.15) is 108 Å². The van der Waals surface area contributed by atoms with Crippen LogP contribution in [-0.2, 0) is 14.4 Å². The number of benzene rings is 4. The van der Waals surface area contributed by atoms with Gasteiger partial charge in [0.1, 0.15) is 0 Å². The lowest BCUT2D eigenvalue weighted by Gasteiger charge is -2.12. The molecule has 4 aromatic rings. The van der Waals surface area contributed by atoms with Crippen LogP contribution < -0.4 is 37.2 Å². The standard InChI is InChI=1S/2C14H22N2O.C13H20N2O.C8H10ClN/c1-4-5-6-7-14(17)16-12-8-9-13(15-3)11(2)10-12;1-4-5-6-7-14(17)16-12-9-8-11(2)13(10-12)15-3;1-5-9(2)13(16)15-11-7-6-10(3)12(8-11)14-4;1-6-3-4-7(9)5-8(6)10-2/h2*8-10,15H,4-7H2,1-3H3,(H,16,17);6-9,14H,5H2,1-4H3,(H,15,16);3-5,10H,1-2H3. The number of hydrogen-bond acceptors (Lipinski definition) is 7. The first-order valence-corrected chi connectivity index (χ1v) is 21.7. The molecule has 10 nitrogen and oxygen atoms in total. The van der Waals surface area contributed by atoms with Gasteiger partial charge in [-0.15, -0.1) is 0 Å². The van der Waals surface area contributed by atoms with Gasteiger partial charge in [-0.2, -0.15) is 0 Å². The largest absolute Gasteiger partial charge is 0.388 e. The Morgan fingerprint density at radius 3 is 1.30 bits per heavy atom. The third-order valence-corrected chi connectivity index (χ3v) is 10.1. The van der Waals surface area contributed by atoms with E-state index in [1.54, 1.807) is 0 Å². The van der Waals surface area contributed by atoms with Gasteiger partial charge in [0.05, 0.1) is 0 Å². The summed E-state index contributed by atoms with van der Waals surface area (Å²) in [6, 6.07) is 23.5. The molecule has 0 fully saturated rings. The van der Waals surface area contributed by atoms with E-state index in [0.29, 0.717) is 12.8 Å². The van der Waals surface area contributed by atoms with Crippen molar-refractivity contribution >= 4 is 69.1 Å². The fourth-order valence-electron chi connectivity index (χ4n) is 5.79. The van der Waals surface area contributed by atoms with Crippen LogP contribution in [-0.4, -0.2) is 45.9 Å². The van der Waals surface area contributed by atoms with Crippen molar-refractivity contribution in [2.45, 2.75) is 113 Å². The summed E-state index contributed by atoms with van der Waals surface area (Å²) < 4.78 is 0. The Morgan fingerprint density at radius 1 is 0.500 bits per heavy atom. The second kappa shape index (κ2) is 29.9. The number of anilines is 7. The Bertz CT molecular complexity index is 1900. The molecule has 0 aliphatic rings. The minimum atomic E-state index is 0.0549. The summed E-state index contributed by atoms with van der Waals surface area (Å²) >= 11 is 5.76. The molecule has 0 aliphatic carbocycles. The normalized spacial score (nSPS) is 10.5. The molecule has 330 valence electrons. The van der Waals surface area contributed by atoms with Crippen molar-refractivity contribution in [3.05, 3.63) is 100 Å². The molecule has 0 aromatic heterocycles. The van der Waals surface area contributed by atoms with E-state index >= 15 is 0 Å². The zero-order valence-electron chi connectivity index (χ0n) is 38.5. The van der Waals surface area contributed by atoms with Crippen molar-refractivity contribution < 1.29 is 14.4 Å². The molecule has 0 bridgehead atoms. The lowest BCUT2D eigenvalue weighted by molar-refractivity contribution is -0.119. The predicted octanol–water partition coefficient (Wildman–Crippen LogP) is 12.8. The van der Waals surface area contributed by atoms with Crippen LogP contribution in [0.3, 0.4) is 0 Å². The summed E-state index contributed by atoms with van der Waals surface area (Å²) in [5.74, 6) is 0.340.